The molecule has 4 aromatic carbocycles. The number of hydrogen-bond acceptors (Lipinski definition) is 7. The van der Waals surface area contributed by atoms with E-state index in [0.29, 0.717) is 31.7 Å². The van der Waals surface area contributed by atoms with Crippen LogP contribution < -0.4 is 18.9 Å². The summed E-state index contributed by atoms with van der Waals surface area (Å²) in [5.74, 6) is 4.18. The third-order valence-corrected chi connectivity index (χ3v) is 11.9. The molecule has 7 nitrogen and oxygen atoms in total. The molecule has 4 aromatic rings. The van der Waals surface area contributed by atoms with Gasteiger partial charge < -0.3 is 33.5 Å². The van der Waals surface area contributed by atoms with E-state index >= 15 is 0 Å². The third-order valence-electron chi connectivity index (χ3n) is 11.9. The van der Waals surface area contributed by atoms with E-state index in [9.17, 15) is 0 Å². The Labute approximate surface area is 330 Å². The Morgan fingerprint density at radius 1 is 0.600 bits per heavy atom. The van der Waals surface area contributed by atoms with E-state index in [-0.39, 0.29) is 24.4 Å². The van der Waals surface area contributed by atoms with Gasteiger partial charge in [-0.05, 0) is 67.0 Å². The molecule has 0 radical (unpaired) electrons. The first-order chi connectivity index (χ1) is 26.6. The molecule has 2 aliphatic heterocycles. The maximum atomic E-state index is 8.92. The molecule has 0 spiro atoms. The van der Waals surface area contributed by atoms with E-state index in [2.05, 4.69) is 95.3 Å². The molecule has 2 heterocycles. The number of methoxy groups -OCH3 is 2. The average Bonchev–Trinajstić information content (AvgIpc) is 3.20. The molecule has 6 rings (SSSR count). The standard InChI is InChI=1S/C28H40O4.C20H24O3/c1-22-12-14-23(15-13-22)28(2)20-31-27-19-24(32-21-30-3)16-17-25(27)26(28)11-9-7-5-4-6-8-10-18-29;1-14-5-7-16(8-6-14)20(3)12-22-19-11-17(23-13-21-4)9-10-18(19)15(20)2/h12-17,19,26,29H,4-11,18,20-21H2,1-3H3;5-11,15H,12-13H2,1-4H3/t26-,28-;15-,20+/m11/s1. The summed E-state index contributed by atoms with van der Waals surface area (Å²) in [5.41, 5.74) is 7.65. The number of benzene rings is 4. The number of ether oxygens (including phenoxy) is 6. The monoisotopic (exact) mass is 752 g/mol. The maximum absolute atomic E-state index is 8.92. The van der Waals surface area contributed by atoms with Crippen LogP contribution >= 0.6 is 0 Å². The SMILES string of the molecule is COCOc1ccc2c(c1)OC[C@](C)(c1ccc(C)cc1)[C@@H]2C.COCOc1ccc2c(c1)OC[C@](C)(c1ccc(C)cc1)[C@@H]2CCCCCCCCCO. The van der Waals surface area contributed by atoms with Gasteiger partial charge in [-0.25, -0.2) is 0 Å². The predicted molar refractivity (Wildman–Crippen MR) is 221 cm³/mol. The van der Waals surface area contributed by atoms with E-state index in [1.54, 1.807) is 14.2 Å². The summed E-state index contributed by atoms with van der Waals surface area (Å²) in [6.45, 7) is 13.3. The van der Waals surface area contributed by atoms with Gasteiger partial charge in [-0.15, -0.1) is 0 Å². The lowest BCUT2D eigenvalue weighted by Gasteiger charge is -2.43. The zero-order valence-electron chi connectivity index (χ0n) is 34.3. The highest BCUT2D eigenvalue weighted by atomic mass is 16.7. The van der Waals surface area contributed by atoms with Gasteiger partial charge in [0.25, 0.3) is 0 Å². The van der Waals surface area contributed by atoms with Gasteiger partial charge in [-0.2, -0.15) is 0 Å². The van der Waals surface area contributed by atoms with Crippen LogP contribution in [0.4, 0.5) is 0 Å². The molecule has 298 valence electrons. The fourth-order valence-electron chi connectivity index (χ4n) is 8.03. The van der Waals surface area contributed by atoms with E-state index in [1.165, 1.54) is 65.5 Å². The number of aliphatic hydroxyl groups excluding tert-OH is 1. The third kappa shape index (κ3) is 10.6. The Morgan fingerprint density at radius 2 is 1.05 bits per heavy atom. The fourth-order valence-corrected chi connectivity index (χ4v) is 8.03. The van der Waals surface area contributed by atoms with Crippen molar-refractivity contribution in [3.05, 3.63) is 118 Å². The second-order valence-corrected chi connectivity index (χ2v) is 15.9. The fraction of sp³-hybridized carbons (Fsp3) is 0.500. The molecule has 0 unspecified atom stereocenters. The Morgan fingerprint density at radius 3 is 1.58 bits per heavy atom. The highest BCUT2D eigenvalue weighted by molar-refractivity contribution is 5.49. The van der Waals surface area contributed by atoms with Gasteiger partial charge in [0.2, 0.25) is 0 Å². The first kappa shape index (κ1) is 42.1. The largest absolute Gasteiger partial charge is 0.492 e. The van der Waals surface area contributed by atoms with Gasteiger partial charge >= 0.3 is 0 Å². The summed E-state index contributed by atoms with van der Waals surface area (Å²) in [5, 5.41) is 8.92. The molecular weight excluding hydrogens is 689 g/mol. The minimum Gasteiger partial charge on any atom is -0.492 e. The van der Waals surface area contributed by atoms with E-state index in [1.807, 2.05) is 24.3 Å². The Bertz CT molecular complexity index is 1750. The molecule has 0 bridgehead atoms. The second kappa shape index (κ2) is 20.2. The van der Waals surface area contributed by atoms with Crippen molar-refractivity contribution in [1.82, 2.24) is 0 Å². The minimum absolute atomic E-state index is 0.0321. The summed E-state index contributed by atoms with van der Waals surface area (Å²) >= 11 is 0. The molecular formula is C48H64O7. The Kier molecular flexibility index (Phi) is 15.5. The number of fused-ring (bicyclic) bond motifs is 2. The zero-order valence-corrected chi connectivity index (χ0v) is 34.3. The molecule has 4 atom stereocenters. The number of aryl methyl sites for hydroxylation is 2. The van der Waals surface area contributed by atoms with Gasteiger partial charge in [-0.3, -0.25) is 0 Å². The molecule has 2 aliphatic rings. The molecule has 1 N–H and O–H groups in total. The topological polar surface area (TPSA) is 75.6 Å². The molecule has 0 saturated heterocycles. The zero-order chi connectivity index (χ0) is 39.3. The average molecular weight is 753 g/mol. The van der Waals surface area contributed by atoms with Crippen LogP contribution in [0.25, 0.3) is 0 Å². The second-order valence-electron chi connectivity index (χ2n) is 15.9. The molecule has 0 fully saturated rings. The van der Waals surface area contributed by atoms with Crippen LogP contribution in [-0.4, -0.2) is 52.7 Å². The quantitative estimate of drug-likeness (QED) is 0.0850. The first-order valence-corrected chi connectivity index (χ1v) is 20.1. The van der Waals surface area contributed by atoms with Crippen LogP contribution in [0.1, 0.15) is 117 Å². The van der Waals surface area contributed by atoms with Crippen molar-refractivity contribution in [3.8, 4) is 23.0 Å². The highest BCUT2D eigenvalue weighted by Gasteiger charge is 2.42. The van der Waals surface area contributed by atoms with Gasteiger partial charge in [-0.1, -0.05) is 131 Å². The summed E-state index contributed by atoms with van der Waals surface area (Å²) in [4.78, 5) is 0. The van der Waals surface area contributed by atoms with Crippen LogP contribution in [0.5, 0.6) is 23.0 Å². The van der Waals surface area contributed by atoms with Crippen LogP contribution in [-0.2, 0) is 20.3 Å². The normalized spacial score (nSPS) is 21.2. The maximum Gasteiger partial charge on any atom is 0.188 e. The van der Waals surface area contributed by atoms with Crippen molar-refractivity contribution >= 4 is 0 Å². The van der Waals surface area contributed by atoms with Crippen molar-refractivity contribution < 1.29 is 33.5 Å². The minimum atomic E-state index is -0.0588. The van der Waals surface area contributed by atoms with E-state index in [0.717, 1.165) is 42.3 Å². The van der Waals surface area contributed by atoms with Gasteiger partial charge in [0, 0.05) is 49.7 Å². The van der Waals surface area contributed by atoms with Crippen LogP contribution in [0, 0.1) is 13.8 Å². The Balaban J connectivity index is 0.000000222. The lowest BCUT2D eigenvalue weighted by molar-refractivity contribution is 0.0505. The highest BCUT2D eigenvalue weighted by Crippen LogP contribution is 2.50. The summed E-state index contributed by atoms with van der Waals surface area (Å²) in [7, 11) is 3.24. The van der Waals surface area contributed by atoms with Crippen LogP contribution in [0.2, 0.25) is 0 Å². The van der Waals surface area contributed by atoms with Gasteiger partial charge in [0.1, 0.15) is 23.0 Å². The van der Waals surface area contributed by atoms with Gasteiger partial charge in [0.05, 0.1) is 13.2 Å². The predicted octanol–water partition coefficient (Wildman–Crippen LogP) is 11.0. The van der Waals surface area contributed by atoms with E-state index in [4.69, 9.17) is 33.5 Å². The molecule has 0 aromatic heterocycles. The summed E-state index contributed by atoms with van der Waals surface area (Å²) < 4.78 is 33.5. The lowest BCUT2D eigenvalue weighted by atomic mass is 9.66. The van der Waals surface area contributed by atoms with Crippen LogP contribution in [0.3, 0.4) is 0 Å². The van der Waals surface area contributed by atoms with Crippen molar-refractivity contribution in [3.63, 3.8) is 0 Å². The van der Waals surface area contributed by atoms with Crippen LogP contribution in [0.15, 0.2) is 84.9 Å². The first-order valence-electron chi connectivity index (χ1n) is 20.1. The van der Waals surface area contributed by atoms with E-state index < -0.39 is 0 Å². The number of aliphatic hydroxyl groups is 1. The van der Waals surface area contributed by atoms with Gasteiger partial charge in [0.15, 0.2) is 13.6 Å². The molecule has 0 amide bonds. The van der Waals surface area contributed by atoms with Crippen molar-refractivity contribution in [2.45, 2.75) is 109 Å². The molecule has 0 saturated carbocycles. The van der Waals surface area contributed by atoms with Crippen molar-refractivity contribution in [1.29, 1.82) is 0 Å². The summed E-state index contributed by atoms with van der Waals surface area (Å²) in [6.07, 6.45) is 9.46. The number of hydrogen-bond donors (Lipinski definition) is 1. The van der Waals surface area contributed by atoms with Crippen molar-refractivity contribution in [2.24, 2.45) is 0 Å². The number of rotatable bonds is 17. The molecule has 55 heavy (non-hydrogen) atoms. The van der Waals surface area contributed by atoms with Crippen molar-refractivity contribution in [2.75, 3.05) is 47.6 Å². The summed E-state index contributed by atoms with van der Waals surface area (Å²) in [6, 6.07) is 30.0. The molecule has 7 heteroatoms. The Hall–Kier alpha value is -4.04. The molecule has 0 aliphatic carbocycles. The lowest BCUT2D eigenvalue weighted by Crippen LogP contribution is -2.40. The smallest absolute Gasteiger partial charge is 0.188 e. The number of unbranched alkanes of at least 4 members (excludes halogenated alkanes) is 6.